The maximum absolute atomic E-state index is 13.2. The Morgan fingerprint density at radius 2 is 1.83 bits per heavy atom. The minimum atomic E-state index is -0.453. The number of nitrogens with zero attached hydrogens (tertiary/aromatic N) is 1. The molecular weight excluding hydrogens is 373 g/mol. The van der Waals surface area contributed by atoms with Crippen LogP contribution in [0.2, 0.25) is 0 Å². The van der Waals surface area contributed by atoms with Crippen LogP contribution < -0.4 is 5.43 Å². The van der Waals surface area contributed by atoms with Crippen LogP contribution in [-0.2, 0) is 13.1 Å². The van der Waals surface area contributed by atoms with E-state index in [2.05, 4.69) is 0 Å². The van der Waals surface area contributed by atoms with Crippen LogP contribution in [0.3, 0.4) is 0 Å². The Morgan fingerprint density at radius 3 is 2.55 bits per heavy atom. The molecule has 0 radical (unpaired) electrons. The molecule has 0 aliphatic heterocycles. The number of amides is 1. The van der Waals surface area contributed by atoms with Crippen molar-refractivity contribution in [3.05, 3.63) is 106 Å². The second-order valence-electron chi connectivity index (χ2n) is 6.84. The lowest BCUT2D eigenvalue weighted by Gasteiger charge is -2.21. The van der Waals surface area contributed by atoms with Crippen LogP contribution in [0.1, 0.15) is 27.4 Å². The Bertz CT molecular complexity index is 1210. The molecule has 1 amide bonds. The molecule has 0 fully saturated rings. The van der Waals surface area contributed by atoms with Crippen LogP contribution in [-0.4, -0.2) is 10.8 Å². The molecule has 2 aromatic carbocycles. The molecule has 5 nitrogen and oxygen atoms in total. The van der Waals surface area contributed by atoms with Crippen molar-refractivity contribution in [2.75, 3.05) is 0 Å². The zero-order chi connectivity index (χ0) is 20.4. The molecule has 0 saturated carbocycles. The van der Waals surface area contributed by atoms with Gasteiger partial charge in [0.15, 0.2) is 11.2 Å². The van der Waals surface area contributed by atoms with E-state index in [4.69, 9.17) is 8.83 Å². The number of rotatable bonds is 5. The van der Waals surface area contributed by atoms with Crippen molar-refractivity contribution in [1.29, 1.82) is 0 Å². The predicted molar refractivity (Wildman–Crippen MR) is 106 cm³/mol. The molecular formula is C23H18FNO4. The summed E-state index contributed by atoms with van der Waals surface area (Å²) in [6, 6.07) is 15.8. The van der Waals surface area contributed by atoms with E-state index >= 15 is 0 Å². The molecule has 2 aromatic heterocycles. The fraction of sp³-hybridized carbons (Fsp3) is 0.130. The van der Waals surface area contributed by atoms with E-state index in [1.54, 1.807) is 36.4 Å². The van der Waals surface area contributed by atoms with Crippen LogP contribution >= 0.6 is 0 Å². The summed E-state index contributed by atoms with van der Waals surface area (Å²) >= 11 is 0. The van der Waals surface area contributed by atoms with Gasteiger partial charge in [0.05, 0.1) is 18.2 Å². The summed E-state index contributed by atoms with van der Waals surface area (Å²) in [6.07, 6.45) is 1.52. The second-order valence-corrected chi connectivity index (χ2v) is 6.84. The smallest absolute Gasteiger partial charge is 0.290 e. The number of carbonyl (C=O) groups excluding carboxylic acids is 1. The highest BCUT2D eigenvalue weighted by molar-refractivity contribution is 5.93. The van der Waals surface area contributed by atoms with E-state index in [0.29, 0.717) is 16.7 Å². The molecule has 6 heteroatoms. The largest absolute Gasteiger partial charge is 0.467 e. The van der Waals surface area contributed by atoms with E-state index in [-0.39, 0.29) is 30.1 Å². The van der Waals surface area contributed by atoms with Crippen LogP contribution in [0.15, 0.2) is 80.6 Å². The molecule has 29 heavy (non-hydrogen) atoms. The molecule has 0 bridgehead atoms. The second kappa shape index (κ2) is 7.75. The molecule has 0 N–H and O–H groups in total. The lowest BCUT2D eigenvalue weighted by molar-refractivity contribution is 0.0686. The fourth-order valence-corrected chi connectivity index (χ4v) is 3.13. The van der Waals surface area contributed by atoms with Crippen LogP contribution in [0.5, 0.6) is 0 Å². The number of hydrogen-bond donors (Lipinski definition) is 0. The highest BCUT2D eigenvalue weighted by Gasteiger charge is 2.21. The third-order valence-electron chi connectivity index (χ3n) is 4.59. The first-order valence-electron chi connectivity index (χ1n) is 9.10. The first kappa shape index (κ1) is 18.7. The summed E-state index contributed by atoms with van der Waals surface area (Å²) in [4.78, 5) is 27.2. The molecule has 4 aromatic rings. The van der Waals surface area contributed by atoms with Gasteiger partial charge in [-0.15, -0.1) is 0 Å². The van der Waals surface area contributed by atoms with Gasteiger partial charge in [0.25, 0.3) is 5.91 Å². The zero-order valence-corrected chi connectivity index (χ0v) is 15.7. The Kier molecular flexibility index (Phi) is 4.99. The van der Waals surface area contributed by atoms with Crippen molar-refractivity contribution in [2.24, 2.45) is 0 Å². The summed E-state index contributed by atoms with van der Waals surface area (Å²) in [5.74, 6) is -0.280. The van der Waals surface area contributed by atoms with Crippen molar-refractivity contribution in [1.82, 2.24) is 4.90 Å². The lowest BCUT2D eigenvalue weighted by Crippen LogP contribution is -2.30. The summed E-state index contributed by atoms with van der Waals surface area (Å²) in [7, 11) is 0. The molecule has 0 aliphatic rings. The number of aryl methyl sites for hydroxylation is 1. The van der Waals surface area contributed by atoms with Gasteiger partial charge >= 0.3 is 0 Å². The topological polar surface area (TPSA) is 63.7 Å². The Morgan fingerprint density at radius 1 is 1.03 bits per heavy atom. The molecule has 0 atom stereocenters. The number of hydrogen-bond acceptors (Lipinski definition) is 4. The third kappa shape index (κ3) is 4.11. The third-order valence-corrected chi connectivity index (χ3v) is 4.59. The maximum Gasteiger partial charge on any atom is 0.290 e. The van der Waals surface area contributed by atoms with Gasteiger partial charge in [-0.25, -0.2) is 4.39 Å². The number of halogens is 1. The van der Waals surface area contributed by atoms with Crippen molar-refractivity contribution in [3.63, 3.8) is 0 Å². The molecule has 0 aliphatic carbocycles. The van der Waals surface area contributed by atoms with Gasteiger partial charge < -0.3 is 13.7 Å². The number of fused-ring (bicyclic) bond motifs is 1. The van der Waals surface area contributed by atoms with Crippen molar-refractivity contribution < 1.29 is 18.0 Å². The highest BCUT2D eigenvalue weighted by Crippen LogP contribution is 2.18. The SMILES string of the molecule is Cc1ccc2oc(C(=O)N(Cc3ccc(F)cc3)Cc3ccco3)cc(=O)c2c1. The van der Waals surface area contributed by atoms with Crippen molar-refractivity contribution in [3.8, 4) is 0 Å². The lowest BCUT2D eigenvalue weighted by atomic mass is 10.1. The molecule has 146 valence electrons. The van der Waals surface area contributed by atoms with Gasteiger partial charge in [-0.2, -0.15) is 0 Å². The normalized spacial score (nSPS) is 11.0. The Labute approximate surface area is 166 Å². The fourth-order valence-electron chi connectivity index (χ4n) is 3.13. The monoisotopic (exact) mass is 391 g/mol. The first-order valence-corrected chi connectivity index (χ1v) is 9.10. The Hall–Kier alpha value is -3.67. The first-order chi connectivity index (χ1) is 14.0. The minimum Gasteiger partial charge on any atom is -0.467 e. The number of benzene rings is 2. The van der Waals surface area contributed by atoms with Gasteiger partial charge in [0, 0.05) is 12.6 Å². The van der Waals surface area contributed by atoms with E-state index in [1.165, 1.54) is 29.4 Å². The summed E-state index contributed by atoms with van der Waals surface area (Å²) in [5, 5.41) is 0.428. The molecule has 4 rings (SSSR count). The van der Waals surface area contributed by atoms with E-state index in [9.17, 15) is 14.0 Å². The van der Waals surface area contributed by atoms with Crippen LogP contribution in [0.4, 0.5) is 4.39 Å². The average Bonchev–Trinajstić information content (AvgIpc) is 3.22. The number of furan rings is 1. The van der Waals surface area contributed by atoms with E-state index in [0.717, 1.165) is 11.1 Å². The predicted octanol–water partition coefficient (Wildman–Crippen LogP) is 4.68. The van der Waals surface area contributed by atoms with Crippen LogP contribution in [0.25, 0.3) is 11.0 Å². The van der Waals surface area contributed by atoms with Crippen LogP contribution in [0, 0.1) is 12.7 Å². The van der Waals surface area contributed by atoms with Crippen molar-refractivity contribution >= 4 is 16.9 Å². The maximum atomic E-state index is 13.2. The molecule has 2 heterocycles. The van der Waals surface area contributed by atoms with Gasteiger partial charge in [0.2, 0.25) is 0 Å². The summed E-state index contributed by atoms with van der Waals surface area (Å²) in [6.45, 7) is 2.26. The van der Waals surface area contributed by atoms with E-state index < -0.39 is 5.91 Å². The molecule has 0 unspecified atom stereocenters. The highest BCUT2D eigenvalue weighted by atomic mass is 19.1. The summed E-state index contributed by atoms with van der Waals surface area (Å²) < 4.78 is 24.3. The summed E-state index contributed by atoms with van der Waals surface area (Å²) in [5.41, 5.74) is 1.74. The Balaban J connectivity index is 1.70. The number of carbonyl (C=O) groups is 1. The van der Waals surface area contributed by atoms with Crippen molar-refractivity contribution in [2.45, 2.75) is 20.0 Å². The van der Waals surface area contributed by atoms with Gasteiger partial charge in [-0.1, -0.05) is 23.8 Å². The minimum absolute atomic E-state index is 0.0555. The quantitative estimate of drug-likeness (QED) is 0.496. The zero-order valence-electron chi connectivity index (χ0n) is 15.7. The van der Waals surface area contributed by atoms with E-state index in [1.807, 2.05) is 13.0 Å². The molecule has 0 spiro atoms. The van der Waals surface area contributed by atoms with Gasteiger partial charge in [0.1, 0.15) is 17.2 Å². The molecule has 0 saturated heterocycles. The van der Waals surface area contributed by atoms with Gasteiger partial charge in [-0.3, -0.25) is 9.59 Å². The standard InChI is InChI=1S/C23H18FNO4/c1-15-4-9-21-19(11-15)20(26)12-22(29-21)23(27)25(14-18-3-2-10-28-18)13-16-5-7-17(24)8-6-16/h2-12H,13-14H2,1H3. The van der Waals surface area contributed by atoms with Gasteiger partial charge in [-0.05, 0) is 48.9 Å². The average molecular weight is 391 g/mol.